The van der Waals surface area contributed by atoms with E-state index in [9.17, 15) is 4.79 Å². The van der Waals surface area contributed by atoms with Crippen LogP contribution < -0.4 is 10.6 Å². The minimum Gasteiger partial charge on any atom is -0.337 e. The van der Waals surface area contributed by atoms with Crippen LogP contribution in [0.15, 0.2) is 41.2 Å². The smallest absolute Gasteiger partial charge is 0.315 e. The molecule has 142 valence electrons. The van der Waals surface area contributed by atoms with Crippen molar-refractivity contribution in [1.29, 1.82) is 0 Å². The van der Waals surface area contributed by atoms with Gasteiger partial charge >= 0.3 is 6.03 Å². The first-order valence-electron chi connectivity index (χ1n) is 8.56. The van der Waals surface area contributed by atoms with Crippen molar-refractivity contribution >= 4 is 17.6 Å². The van der Waals surface area contributed by atoms with Crippen LogP contribution in [0.4, 0.5) is 4.79 Å². The molecule has 2 aromatic heterocycles. The van der Waals surface area contributed by atoms with Crippen molar-refractivity contribution in [3.8, 4) is 5.69 Å². The maximum Gasteiger partial charge on any atom is 0.315 e. The van der Waals surface area contributed by atoms with Gasteiger partial charge in [0.05, 0.1) is 11.9 Å². The Balaban J connectivity index is 1.58. The fourth-order valence-electron chi connectivity index (χ4n) is 2.51. The second-order valence-electron chi connectivity index (χ2n) is 6.50. The van der Waals surface area contributed by atoms with Gasteiger partial charge in [0, 0.05) is 23.3 Å². The van der Waals surface area contributed by atoms with Gasteiger partial charge in [-0.1, -0.05) is 30.6 Å². The van der Waals surface area contributed by atoms with Gasteiger partial charge in [0.15, 0.2) is 5.82 Å². The van der Waals surface area contributed by atoms with Crippen molar-refractivity contribution in [1.82, 2.24) is 30.6 Å². The van der Waals surface area contributed by atoms with Crippen LogP contribution in [-0.2, 0) is 6.54 Å². The molecule has 9 heteroatoms. The molecule has 2 amide bonds. The molecule has 1 atom stereocenters. The number of rotatable bonds is 6. The lowest BCUT2D eigenvalue weighted by Gasteiger charge is -2.18. The number of urea groups is 1. The molecular weight excluding hydrogens is 368 g/mol. The number of nitrogens with zero attached hydrogens (tertiary/aromatic N) is 4. The fraction of sp³-hybridized carbons (Fsp3) is 0.333. The summed E-state index contributed by atoms with van der Waals surface area (Å²) in [5.41, 5.74) is 1.76. The zero-order valence-corrected chi connectivity index (χ0v) is 16.1. The van der Waals surface area contributed by atoms with E-state index in [1.807, 2.05) is 32.2 Å². The van der Waals surface area contributed by atoms with E-state index in [0.29, 0.717) is 23.3 Å². The Morgan fingerprint density at radius 2 is 2.04 bits per heavy atom. The molecule has 0 spiro atoms. The first kappa shape index (κ1) is 18.9. The summed E-state index contributed by atoms with van der Waals surface area (Å²) in [4.78, 5) is 16.5. The molecule has 8 nitrogen and oxygen atoms in total. The minimum atomic E-state index is -0.358. The van der Waals surface area contributed by atoms with Gasteiger partial charge in [-0.05, 0) is 37.1 Å². The van der Waals surface area contributed by atoms with E-state index in [0.717, 1.165) is 11.3 Å². The van der Waals surface area contributed by atoms with E-state index in [1.165, 1.54) is 0 Å². The van der Waals surface area contributed by atoms with Crippen molar-refractivity contribution in [2.24, 2.45) is 5.92 Å². The predicted octanol–water partition coefficient (Wildman–Crippen LogP) is 3.41. The normalized spacial score (nSPS) is 12.2. The van der Waals surface area contributed by atoms with E-state index >= 15 is 0 Å². The van der Waals surface area contributed by atoms with Gasteiger partial charge < -0.3 is 15.2 Å². The van der Waals surface area contributed by atoms with Gasteiger partial charge in [0.2, 0.25) is 5.89 Å². The molecule has 27 heavy (non-hydrogen) atoms. The summed E-state index contributed by atoms with van der Waals surface area (Å²) in [6, 6.07) is 6.68. The van der Waals surface area contributed by atoms with Gasteiger partial charge in [-0.3, -0.25) is 0 Å². The van der Waals surface area contributed by atoms with Crippen LogP contribution in [0, 0.1) is 12.8 Å². The zero-order chi connectivity index (χ0) is 19.4. The molecule has 2 heterocycles. The second kappa shape index (κ2) is 8.22. The highest BCUT2D eigenvalue weighted by Gasteiger charge is 2.23. The molecule has 1 unspecified atom stereocenters. The minimum absolute atomic E-state index is 0.100. The highest BCUT2D eigenvalue weighted by molar-refractivity contribution is 6.30. The van der Waals surface area contributed by atoms with Crippen LogP contribution in [0.2, 0.25) is 5.02 Å². The monoisotopic (exact) mass is 388 g/mol. The Labute approximate surface area is 161 Å². The number of hydrogen-bond acceptors (Lipinski definition) is 5. The highest BCUT2D eigenvalue weighted by atomic mass is 35.5. The van der Waals surface area contributed by atoms with E-state index < -0.39 is 0 Å². The van der Waals surface area contributed by atoms with Crippen molar-refractivity contribution in [3.63, 3.8) is 0 Å². The Morgan fingerprint density at radius 3 is 2.67 bits per heavy atom. The summed E-state index contributed by atoms with van der Waals surface area (Å²) in [5.74, 6) is 1.03. The van der Waals surface area contributed by atoms with Crippen LogP contribution >= 0.6 is 11.6 Å². The van der Waals surface area contributed by atoms with Crippen LogP contribution in [-0.4, -0.2) is 26.0 Å². The van der Waals surface area contributed by atoms with E-state index in [4.69, 9.17) is 16.1 Å². The van der Waals surface area contributed by atoms with Crippen molar-refractivity contribution in [3.05, 3.63) is 59.0 Å². The molecule has 0 saturated heterocycles. The third-order valence-electron chi connectivity index (χ3n) is 3.94. The number of aromatic nitrogens is 4. The first-order chi connectivity index (χ1) is 12.9. The number of aryl methyl sites for hydroxylation is 1. The van der Waals surface area contributed by atoms with Gasteiger partial charge in [-0.15, -0.1) is 0 Å². The lowest BCUT2D eigenvalue weighted by molar-refractivity contribution is 0.224. The average Bonchev–Trinajstić information content (AvgIpc) is 3.27. The number of nitrogens with one attached hydrogen (secondary N) is 2. The Hall–Kier alpha value is -2.87. The molecule has 0 radical (unpaired) electrons. The topological polar surface area (TPSA) is 97.9 Å². The van der Waals surface area contributed by atoms with Crippen molar-refractivity contribution in [2.75, 3.05) is 0 Å². The number of carbonyl (C=O) groups is 1. The number of hydrogen-bond donors (Lipinski definition) is 2. The standard InChI is InChI=1S/C18H21ClN6O2/c1-11(2)16(17-22-12(3)24-27-17)23-18(26)20-8-13-9-21-25(10-13)15-6-4-14(19)5-7-15/h4-7,9-11,16H,8H2,1-3H3,(H2,20,23,26). The molecule has 2 N–H and O–H groups in total. The molecule has 0 aliphatic carbocycles. The SMILES string of the molecule is Cc1noc(C(NC(=O)NCc2cnn(-c3ccc(Cl)cc3)c2)C(C)C)n1. The van der Waals surface area contributed by atoms with E-state index in [1.54, 1.807) is 29.9 Å². The predicted molar refractivity (Wildman–Crippen MR) is 101 cm³/mol. The summed E-state index contributed by atoms with van der Waals surface area (Å²) >= 11 is 5.90. The maximum absolute atomic E-state index is 12.3. The third kappa shape index (κ3) is 4.85. The Bertz CT molecular complexity index is 903. The van der Waals surface area contributed by atoms with E-state index in [-0.39, 0.29) is 18.0 Å². The second-order valence-corrected chi connectivity index (χ2v) is 6.93. The summed E-state index contributed by atoms with van der Waals surface area (Å²) < 4.78 is 6.91. The molecule has 0 fully saturated rings. The van der Waals surface area contributed by atoms with Crippen LogP contribution in [0.25, 0.3) is 5.69 Å². The van der Waals surface area contributed by atoms with Crippen LogP contribution in [0.5, 0.6) is 0 Å². The largest absolute Gasteiger partial charge is 0.337 e. The fourth-order valence-corrected chi connectivity index (χ4v) is 2.64. The molecule has 3 rings (SSSR count). The number of halogens is 1. The van der Waals surface area contributed by atoms with Gasteiger partial charge in [-0.2, -0.15) is 10.1 Å². The van der Waals surface area contributed by atoms with E-state index in [2.05, 4.69) is 25.9 Å². The summed E-state index contributed by atoms with van der Waals surface area (Å²) in [6.07, 6.45) is 3.56. The molecule has 3 aromatic rings. The van der Waals surface area contributed by atoms with Gasteiger partial charge in [0.25, 0.3) is 0 Å². The number of amides is 2. The molecule has 0 saturated carbocycles. The maximum atomic E-state index is 12.3. The average molecular weight is 389 g/mol. The van der Waals surface area contributed by atoms with Crippen LogP contribution in [0.3, 0.4) is 0 Å². The molecule has 0 aliphatic heterocycles. The summed E-state index contributed by atoms with van der Waals surface area (Å²) in [7, 11) is 0. The first-order valence-corrected chi connectivity index (χ1v) is 8.94. The van der Waals surface area contributed by atoms with Crippen molar-refractivity contribution < 1.29 is 9.32 Å². The third-order valence-corrected chi connectivity index (χ3v) is 4.19. The summed E-state index contributed by atoms with van der Waals surface area (Å²) in [6.45, 7) is 6.02. The lowest BCUT2D eigenvalue weighted by Crippen LogP contribution is -2.39. The van der Waals surface area contributed by atoms with Crippen LogP contribution in [0.1, 0.15) is 37.2 Å². The number of carbonyl (C=O) groups excluding carboxylic acids is 1. The molecule has 0 aliphatic rings. The zero-order valence-electron chi connectivity index (χ0n) is 15.3. The molecule has 0 bridgehead atoms. The lowest BCUT2D eigenvalue weighted by atomic mass is 10.0. The number of benzene rings is 1. The summed E-state index contributed by atoms with van der Waals surface area (Å²) in [5, 5.41) is 14.4. The highest BCUT2D eigenvalue weighted by Crippen LogP contribution is 2.19. The molecule has 1 aromatic carbocycles. The Kier molecular flexibility index (Phi) is 5.75. The quantitative estimate of drug-likeness (QED) is 0.674. The van der Waals surface area contributed by atoms with Crippen molar-refractivity contribution in [2.45, 2.75) is 33.4 Å². The molecular formula is C18H21ClN6O2. The Morgan fingerprint density at radius 1 is 1.30 bits per heavy atom. The van der Waals surface area contributed by atoms with Gasteiger partial charge in [0.1, 0.15) is 6.04 Å². The van der Waals surface area contributed by atoms with Gasteiger partial charge in [-0.25, -0.2) is 9.48 Å².